The number of rotatable bonds is 5. The first-order valence-electron chi connectivity index (χ1n) is 3.11. The molecule has 0 aliphatic carbocycles. The lowest BCUT2D eigenvalue weighted by Crippen LogP contribution is -2.60. The highest BCUT2D eigenvalue weighted by molar-refractivity contribution is 6.40. The Morgan fingerprint density at radius 2 is 1.10 bits per heavy atom. The second-order valence-electron chi connectivity index (χ2n) is 2.31. The molecule has 15 heteroatoms. The Morgan fingerprint density at radius 3 is 1.24 bits per heavy atom. The lowest BCUT2D eigenvalue weighted by molar-refractivity contribution is -0.333. The molecule has 15 nitrogen and oxygen atoms in total. The van der Waals surface area contributed by atoms with Gasteiger partial charge < -0.3 is 75.2 Å². The largest absolute Gasteiger partial charge is 0.550 e. The molecule has 0 rings (SSSR count). The highest BCUT2D eigenvalue weighted by Gasteiger charge is 2.38. The summed E-state index contributed by atoms with van der Waals surface area (Å²) in [6.45, 7) is 0. The fourth-order valence-electron chi connectivity index (χ4n) is 0.623. The van der Waals surface area contributed by atoms with Crippen molar-refractivity contribution in [1.82, 2.24) is 18.5 Å². The molecule has 0 radical (unpaired) electrons. The van der Waals surface area contributed by atoms with Crippen molar-refractivity contribution >= 4 is 23.7 Å². The van der Waals surface area contributed by atoms with Gasteiger partial charge in [-0.2, -0.15) is 0 Å². The molecule has 0 aromatic heterocycles. The zero-order chi connectivity index (χ0) is 11.5. The monoisotopic (exact) mass is 329 g/mol. The fraction of sp³-hybridized carbons (Fsp3) is 0.333. The average molecular weight is 329 g/mol. The highest BCUT2D eigenvalue weighted by Crippen LogP contribution is 2.10. The van der Waals surface area contributed by atoms with Crippen LogP contribution in [0, 0.1) is 0 Å². The summed E-state index contributed by atoms with van der Waals surface area (Å²) in [6, 6.07) is 0. The van der Waals surface area contributed by atoms with E-state index in [4.69, 9.17) is 5.11 Å². The van der Waals surface area contributed by atoms with Gasteiger partial charge >= 0.3 is 0 Å². The molecule has 0 aromatic carbocycles. The molecule has 0 spiro atoms. The first kappa shape index (κ1) is 51.1. The summed E-state index contributed by atoms with van der Waals surface area (Å²) in [7, 11) is 0. The van der Waals surface area contributed by atoms with Gasteiger partial charge in [0.25, 0.3) is 0 Å². The SMILES string of the molecule is O.O.O.O.O=C([O-])CC(O)(C(=O)[O-])C(=O)C(=O)[O-].[NH4+].[NH4+].[NH4+]. The van der Waals surface area contributed by atoms with Crippen molar-refractivity contribution in [2.75, 3.05) is 0 Å². The second kappa shape index (κ2) is 17.8. The molecule has 0 aliphatic heterocycles. The smallest absolute Gasteiger partial charge is 0.215 e. The molecule has 21 N–H and O–H groups in total. The molecule has 1 unspecified atom stereocenters. The van der Waals surface area contributed by atoms with E-state index in [1.54, 1.807) is 0 Å². The minimum Gasteiger partial charge on any atom is -0.550 e. The van der Waals surface area contributed by atoms with Crippen molar-refractivity contribution in [2.24, 2.45) is 0 Å². The van der Waals surface area contributed by atoms with Crippen LogP contribution in [0.3, 0.4) is 0 Å². The molecule has 0 saturated heterocycles. The zero-order valence-electron chi connectivity index (χ0n) is 11.5. The Morgan fingerprint density at radius 1 is 0.810 bits per heavy atom. The lowest BCUT2D eigenvalue weighted by Gasteiger charge is -2.27. The van der Waals surface area contributed by atoms with Gasteiger partial charge in [-0.1, -0.05) is 0 Å². The Labute approximate surface area is 117 Å². The Hall–Kier alpha value is -2.24. The van der Waals surface area contributed by atoms with E-state index in [1.165, 1.54) is 0 Å². The number of ketones is 1. The molecule has 0 aromatic rings. The van der Waals surface area contributed by atoms with E-state index in [9.17, 15) is 34.5 Å². The minimum absolute atomic E-state index is 0. The number of quaternary nitrogens is 3. The van der Waals surface area contributed by atoms with Crippen LogP contribution in [0.25, 0.3) is 0 Å². The van der Waals surface area contributed by atoms with Gasteiger partial charge in [0, 0.05) is 12.4 Å². The summed E-state index contributed by atoms with van der Waals surface area (Å²) in [5, 5.41) is 38.8. The van der Waals surface area contributed by atoms with Gasteiger partial charge in [0.15, 0.2) is 5.60 Å². The Bertz CT molecular complexity index is 320. The third-order valence-corrected chi connectivity index (χ3v) is 1.30. The molecular weight excluding hydrogens is 306 g/mol. The molecule has 0 fully saturated rings. The summed E-state index contributed by atoms with van der Waals surface area (Å²) >= 11 is 0. The van der Waals surface area contributed by atoms with Crippen molar-refractivity contribution in [1.29, 1.82) is 0 Å². The maximum absolute atomic E-state index is 10.5. The summed E-state index contributed by atoms with van der Waals surface area (Å²) in [5.74, 6) is -9.50. The van der Waals surface area contributed by atoms with Gasteiger partial charge in [-0.05, 0) is 0 Å². The maximum atomic E-state index is 10.5. The minimum atomic E-state index is -3.66. The van der Waals surface area contributed by atoms with Crippen LogP contribution in [0.5, 0.6) is 0 Å². The third kappa shape index (κ3) is 12.5. The number of carboxylic acid groups (broad SMARTS) is 3. The zero-order valence-corrected chi connectivity index (χ0v) is 11.5. The van der Waals surface area contributed by atoms with Gasteiger partial charge in [0.1, 0.15) is 5.97 Å². The number of carbonyl (C=O) groups is 4. The maximum Gasteiger partial charge on any atom is 0.215 e. The Kier molecular flexibility index (Phi) is 43.2. The predicted octanol–water partition coefficient (Wildman–Crippen LogP) is -8.24. The molecule has 0 saturated carbocycles. The van der Waals surface area contributed by atoms with Crippen LogP contribution in [0.1, 0.15) is 6.42 Å². The highest BCUT2D eigenvalue weighted by atomic mass is 16.4. The van der Waals surface area contributed by atoms with Crippen LogP contribution in [0.4, 0.5) is 0 Å². The van der Waals surface area contributed by atoms with Crippen molar-refractivity contribution in [3.05, 3.63) is 0 Å². The molecule has 1 atom stereocenters. The number of carbonyl (C=O) groups excluding carboxylic acids is 4. The second-order valence-corrected chi connectivity index (χ2v) is 2.31. The van der Waals surface area contributed by atoms with Gasteiger partial charge in [-0.15, -0.1) is 0 Å². The van der Waals surface area contributed by atoms with Crippen molar-refractivity contribution in [3.63, 3.8) is 0 Å². The summed E-state index contributed by atoms with van der Waals surface area (Å²) < 4.78 is 0. The first-order chi connectivity index (χ1) is 6.21. The lowest BCUT2D eigenvalue weighted by atomic mass is 9.94. The van der Waals surface area contributed by atoms with E-state index < -0.39 is 35.7 Å². The van der Waals surface area contributed by atoms with Crippen molar-refractivity contribution in [2.45, 2.75) is 12.0 Å². The van der Waals surface area contributed by atoms with Crippen molar-refractivity contribution < 1.29 is 61.5 Å². The normalized spacial score (nSPS) is 9.38. The van der Waals surface area contributed by atoms with Crippen LogP contribution in [0.2, 0.25) is 0 Å². The number of carboxylic acids is 3. The average Bonchev–Trinajstić information content (AvgIpc) is 2.00. The van der Waals surface area contributed by atoms with E-state index in [0.717, 1.165) is 0 Å². The molecule has 0 amide bonds. The molecule has 0 aliphatic rings. The molecule has 0 bridgehead atoms. The van der Waals surface area contributed by atoms with Crippen LogP contribution in [-0.2, 0) is 19.2 Å². The number of hydrogen-bond donors (Lipinski definition) is 4. The number of hydrogen-bond acceptors (Lipinski definition) is 8. The topological polar surface area (TPSA) is 393 Å². The van der Waals surface area contributed by atoms with Crippen LogP contribution in [0.15, 0.2) is 0 Å². The molecule has 0 heterocycles. The van der Waals surface area contributed by atoms with Gasteiger partial charge in [0.2, 0.25) is 5.78 Å². The fourth-order valence-corrected chi connectivity index (χ4v) is 0.623. The van der Waals surface area contributed by atoms with E-state index >= 15 is 0 Å². The number of aliphatic hydroxyl groups is 1. The quantitative estimate of drug-likeness (QED) is 0.276. The van der Waals surface area contributed by atoms with Gasteiger partial charge in [-0.3, -0.25) is 4.79 Å². The van der Waals surface area contributed by atoms with Crippen LogP contribution < -0.4 is 33.8 Å². The first-order valence-corrected chi connectivity index (χ1v) is 3.11. The van der Waals surface area contributed by atoms with E-state index in [1.807, 2.05) is 0 Å². The summed E-state index contributed by atoms with van der Waals surface area (Å²) in [5.41, 5.74) is -3.66. The van der Waals surface area contributed by atoms with E-state index in [-0.39, 0.29) is 40.4 Å². The van der Waals surface area contributed by atoms with Gasteiger partial charge in [-0.25, -0.2) is 0 Å². The summed E-state index contributed by atoms with van der Waals surface area (Å²) in [6.07, 6.45) is -1.72. The summed E-state index contributed by atoms with van der Waals surface area (Å²) in [4.78, 5) is 40.5. The van der Waals surface area contributed by atoms with Gasteiger partial charge in [0.05, 0.1) is 5.97 Å². The Balaban J connectivity index is -0.0000000402. The number of Topliss-reactive ketones (excluding diaryl/α,β-unsaturated/α-hetero) is 1. The van der Waals surface area contributed by atoms with Crippen molar-refractivity contribution in [3.8, 4) is 0 Å². The third-order valence-electron chi connectivity index (χ3n) is 1.30. The standard InChI is InChI=1S/C6H6O8.3H3N.4H2O/c7-2(8)1-6(14,5(12)13)3(9)4(10)11;;;;;;;/h14H,1H2,(H,7,8)(H,10,11)(H,12,13);3*1H3;4*1H2. The number of aliphatic carboxylic acids is 3. The predicted molar refractivity (Wildman–Crippen MR) is 62.0 cm³/mol. The van der Waals surface area contributed by atoms with Crippen LogP contribution >= 0.6 is 0 Å². The van der Waals surface area contributed by atoms with Crippen LogP contribution in [-0.4, -0.2) is 56.3 Å². The molecule has 21 heavy (non-hydrogen) atoms. The molecule has 134 valence electrons. The van der Waals surface area contributed by atoms with E-state index in [2.05, 4.69) is 0 Å². The molecular formula is C6H23N3O12. The van der Waals surface area contributed by atoms with E-state index in [0.29, 0.717) is 0 Å².